The van der Waals surface area contributed by atoms with Crippen LogP contribution >= 0.6 is 0 Å². The van der Waals surface area contributed by atoms with Gasteiger partial charge >= 0.3 is 0 Å². The second-order valence-electron chi connectivity index (χ2n) is 5.00. The van der Waals surface area contributed by atoms with Crippen LogP contribution in [0.3, 0.4) is 0 Å². The number of rotatable bonds is 4. The van der Waals surface area contributed by atoms with E-state index in [2.05, 4.69) is 10.1 Å². The average Bonchev–Trinajstić information content (AvgIpc) is 2.99. The molecule has 0 atom stereocenters. The minimum Gasteiger partial charge on any atom is -0.298 e. The van der Waals surface area contributed by atoms with Gasteiger partial charge in [0.1, 0.15) is 5.69 Å². The lowest BCUT2D eigenvalue weighted by Crippen LogP contribution is -1.97. The van der Waals surface area contributed by atoms with Crippen LogP contribution in [0.4, 0.5) is 0 Å². The van der Waals surface area contributed by atoms with E-state index in [4.69, 9.17) is 0 Å². The molecule has 0 saturated carbocycles. The predicted molar refractivity (Wildman–Crippen MR) is 85.3 cm³/mol. The molecule has 2 heterocycles. The maximum Gasteiger partial charge on any atom is 0.175 e. The van der Waals surface area contributed by atoms with Crippen LogP contribution in [0.25, 0.3) is 16.9 Å². The van der Waals surface area contributed by atoms with Gasteiger partial charge in [-0.05, 0) is 24.3 Å². The van der Waals surface area contributed by atoms with Gasteiger partial charge in [-0.15, -0.1) is 0 Å². The molecule has 0 aliphatic carbocycles. The molecule has 0 saturated heterocycles. The fraction of sp³-hybridized carbons (Fsp3) is 0.0625. The third kappa shape index (κ3) is 3.04. The standard InChI is InChI=1S/C16H13N3O3S/c1-23(21,22)15-4-2-12(3-5-15)16-13(11-20)10-19(18-16)14-6-8-17-9-7-14/h2-11H,1H3. The summed E-state index contributed by atoms with van der Waals surface area (Å²) in [6, 6.07) is 9.84. The SMILES string of the molecule is CS(=O)(=O)c1ccc(-c2nn(-c3ccncc3)cc2C=O)cc1. The third-order valence-electron chi connectivity index (χ3n) is 3.35. The van der Waals surface area contributed by atoms with Crippen LogP contribution in [-0.2, 0) is 9.84 Å². The van der Waals surface area contributed by atoms with Gasteiger partial charge in [0.05, 0.1) is 16.1 Å². The molecule has 0 amide bonds. The van der Waals surface area contributed by atoms with E-state index >= 15 is 0 Å². The fourth-order valence-corrected chi connectivity index (χ4v) is 2.82. The molecule has 0 aliphatic heterocycles. The highest BCUT2D eigenvalue weighted by Crippen LogP contribution is 2.24. The van der Waals surface area contributed by atoms with E-state index in [-0.39, 0.29) is 4.90 Å². The molecule has 0 spiro atoms. The second kappa shape index (κ2) is 5.77. The van der Waals surface area contributed by atoms with Crippen LogP contribution in [0.15, 0.2) is 59.9 Å². The summed E-state index contributed by atoms with van der Waals surface area (Å²) in [4.78, 5) is 15.5. The number of nitrogens with zero attached hydrogens (tertiary/aromatic N) is 3. The predicted octanol–water partition coefficient (Wildman–Crippen LogP) is 2.15. The van der Waals surface area contributed by atoms with E-state index < -0.39 is 9.84 Å². The molecule has 1 aromatic carbocycles. The Morgan fingerprint density at radius 3 is 2.26 bits per heavy atom. The molecule has 23 heavy (non-hydrogen) atoms. The molecule has 3 aromatic rings. The zero-order valence-electron chi connectivity index (χ0n) is 12.2. The van der Waals surface area contributed by atoms with Crippen LogP contribution in [0.5, 0.6) is 0 Å². The van der Waals surface area contributed by atoms with Crippen LogP contribution in [0.1, 0.15) is 10.4 Å². The molecule has 0 bridgehead atoms. The van der Waals surface area contributed by atoms with Crippen LogP contribution < -0.4 is 0 Å². The summed E-state index contributed by atoms with van der Waals surface area (Å²) < 4.78 is 24.6. The lowest BCUT2D eigenvalue weighted by atomic mass is 10.1. The second-order valence-corrected chi connectivity index (χ2v) is 7.01. The summed E-state index contributed by atoms with van der Waals surface area (Å²) in [6.45, 7) is 0. The molecule has 116 valence electrons. The Bertz CT molecular complexity index is 946. The van der Waals surface area contributed by atoms with Crippen molar-refractivity contribution in [3.63, 3.8) is 0 Å². The molecule has 0 fully saturated rings. The van der Waals surface area contributed by atoms with E-state index in [1.807, 2.05) is 0 Å². The van der Waals surface area contributed by atoms with Gasteiger partial charge in [-0.1, -0.05) is 12.1 Å². The Hall–Kier alpha value is -2.80. The molecular formula is C16H13N3O3S. The normalized spacial score (nSPS) is 11.3. The molecular weight excluding hydrogens is 314 g/mol. The Morgan fingerprint density at radius 1 is 1.04 bits per heavy atom. The van der Waals surface area contributed by atoms with Gasteiger partial charge in [0, 0.05) is 30.4 Å². The fourth-order valence-electron chi connectivity index (χ4n) is 2.19. The number of carbonyl (C=O) groups is 1. The minimum absolute atomic E-state index is 0.225. The zero-order chi connectivity index (χ0) is 16.4. The van der Waals surface area contributed by atoms with E-state index in [0.29, 0.717) is 16.8 Å². The molecule has 0 unspecified atom stereocenters. The lowest BCUT2D eigenvalue weighted by Gasteiger charge is -2.02. The number of aldehydes is 1. The van der Waals surface area contributed by atoms with Crippen LogP contribution in [-0.4, -0.2) is 35.7 Å². The number of carbonyl (C=O) groups excluding carboxylic acids is 1. The summed E-state index contributed by atoms with van der Waals surface area (Å²) in [5, 5.41) is 4.42. The van der Waals surface area contributed by atoms with Gasteiger partial charge in [-0.25, -0.2) is 13.1 Å². The highest BCUT2D eigenvalue weighted by atomic mass is 32.2. The third-order valence-corrected chi connectivity index (χ3v) is 4.48. The number of pyridine rings is 1. The maximum atomic E-state index is 11.5. The van der Waals surface area contributed by atoms with Crippen molar-refractivity contribution < 1.29 is 13.2 Å². The summed E-state index contributed by atoms with van der Waals surface area (Å²) in [7, 11) is -3.26. The highest BCUT2D eigenvalue weighted by molar-refractivity contribution is 7.90. The quantitative estimate of drug-likeness (QED) is 0.686. The summed E-state index contributed by atoms with van der Waals surface area (Å²) in [5.74, 6) is 0. The maximum absolute atomic E-state index is 11.5. The Labute approximate surface area is 133 Å². The lowest BCUT2D eigenvalue weighted by molar-refractivity contribution is 0.112. The monoisotopic (exact) mass is 327 g/mol. The van der Waals surface area contributed by atoms with Gasteiger partial charge < -0.3 is 0 Å². The van der Waals surface area contributed by atoms with Crippen molar-refractivity contribution in [2.45, 2.75) is 4.90 Å². The Morgan fingerprint density at radius 2 is 1.70 bits per heavy atom. The van der Waals surface area contributed by atoms with Crippen molar-refractivity contribution in [1.29, 1.82) is 0 Å². The Kier molecular flexibility index (Phi) is 3.79. The average molecular weight is 327 g/mol. The van der Waals surface area contributed by atoms with E-state index in [1.165, 1.54) is 12.1 Å². The van der Waals surface area contributed by atoms with E-state index in [0.717, 1.165) is 18.2 Å². The molecule has 0 aliphatic rings. The molecule has 2 aromatic heterocycles. The molecule has 0 N–H and O–H groups in total. The molecule has 7 heteroatoms. The Balaban J connectivity index is 2.06. The summed E-state index contributed by atoms with van der Waals surface area (Å²) >= 11 is 0. The smallest absolute Gasteiger partial charge is 0.175 e. The number of hydrogen-bond donors (Lipinski definition) is 0. The molecule has 6 nitrogen and oxygen atoms in total. The summed E-state index contributed by atoms with van der Waals surface area (Å²) in [6.07, 6.45) is 6.78. The largest absolute Gasteiger partial charge is 0.298 e. The van der Waals surface area contributed by atoms with Crippen molar-refractivity contribution in [2.75, 3.05) is 6.26 Å². The van der Waals surface area contributed by atoms with Crippen molar-refractivity contribution in [1.82, 2.24) is 14.8 Å². The minimum atomic E-state index is -3.26. The first-order valence-corrected chi connectivity index (χ1v) is 8.64. The van der Waals surface area contributed by atoms with E-state index in [9.17, 15) is 13.2 Å². The first-order valence-electron chi connectivity index (χ1n) is 6.75. The molecule has 0 radical (unpaired) electrons. The van der Waals surface area contributed by atoms with Crippen LogP contribution in [0.2, 0.25) is 0 Å². The van der Waals surface area contributed by atoms with Gasteiger partial charge in [0.2, 0.25) is 0 Å². The number of sulfone groups is 1. The number of benzene rings is 1. The summed E-state index contributed by atoms with van der Waals surface area (Å²) in [5.41, 5.74) is 2.38. The first kappa shape index (κ1) is 15.1. The van der Waals surface area contributed by atoms with E-state index in [1.54, 1.807) is 47.5 Å². The topological polar surface area (TPSA) is 81.9 Å². The van der Waals surface area contributed by atoms with Gasteiger partial charge in [0.25, 0.3) is 0 Å². The number of hydrogen-bond acceptors (Lipinski definition) is 5. The van der Waals surface area contributed by atoms with Gasteiger partial charge in [-0.2, -0.15) is 5.10 Å². The highest BCUT2D eigenvalue weighted by Gasteiger charge is 2.13. The first-order chi connectivity index (χ1) is 11.0. The van der Waals surface area contributed by atoms with Crippen molar-refractivity contribution in [2.24, 2.45) is 0 Å². The zero-order valence-corrected chi connectivity index (χ0v) is 13.1. The van der Waals surface area contributed by atoms with Crippen molar-refractivity contribution >= 4 is 16.1 Å². The van der Waals surface area contributed by atoms with Gasteiger partial charge in [-0.3, -0.25) is 9.78 Å². The van der Waals surface area contributed by atoms with Crippen molar-refractivity contribution in [3.8, 4) is 16.9 Å². The van der Waals surface area contributed by atoms with Crippen LogP contribution in [0, 0.1) is 0 Å². The number of aromatic nitrogens is 3. The van der Waals surface area contributed by atoms with Gasteiger partial charge in [0.15, 0.2) is 16.1 Å². The van der Waals surface area contributed by atoms with Crippen molar-refractivity contribution in [3.05, 3.63) is 60.6 Å². The molecule has 3 rings (SSSR count).